The fraction of sp³-hybridized carbons (Fsp3) is 0.286. The number of hydrogen-bond acceptors (Lipinski definition) is 2. The molecule has 1 aliphatic rings. The summed E-state index contributed by atoms with van der Waals surface area (Å²) >= 11 is 0. The lowest BCUT2D eigenvalue weighted by Crippen LogP contribution is -2.27. The van der Waals surface area contributed by atoms with Crippen molar-refractivity contribution in [2.24, 2.45) is 5.92 Å². The van der Waals surface area contributed by atoms with Crippen LogP contribution in [0.25, 0.3) is 6.08 Å². The minimum absolute atomic E-state index is 0.0561. The molecule has 0 unspecified atom stereocenters. The summed E-state index contributed by atoms with van der Waals surface area (Å²) in [6.07, 6.45) is 5.63. The van der Waals surface area contributed by atoms with Crippen molar-refractivity contribution in [3.05, 3.63) is 35.9 Å². The number of carbonyl (C=O) groups is 2. The molecule has 4 heteroatoms. The number of carboxylic acids is 1. The van der Waals surface area contributed by atoms with E-state index in [-0.39, 0.29) is 11.8 Å². The lowest BCUT2D eigenvalue weighted by molar-refractivity contribution is -0.131. The van der Waals surface area contributed by atoms with Crippen LogP contribution in [-0.4, -0.2) is 17.0 Å². The highest BCUT2D eigenvalue weighted by molar-refractivity contribution is 5.93. The standard InChI is InChI=1S/C14H15NO3/c16-13(17)8-7-10-3-1-6-12(9-10)15-14(18)11-4-2-5-11/h1,3,6-9,11H,2,4-5H2,(H,15,18)(H,16,17). The van der Waals surface area contributed by atoms with Crippen LogP contribution in [0, 0.1) is 5.92 Å². The van der Waals surface area contributed by atoms with Gasteiger partial charge in [-0.15, -0.1) is 0 Å². The third kappa shape index (κ3) is 3.20. The van der Waals surface area contributed by atoms with Crippen molar-refractivity contribution in [2.45, 2.75) is 19.3 Å². The molecule has 1 amide bonds. The fourth-order valence-electron chi connectivity index (χ4n) is 1.80. The summed E-state index contributed by atoms with van der Waals surface area (Å²) in [5, 5.41) is 11.4. The van der Waals surface area contributed by atoms with Gasteiger partial charge in [0.25, 0.3) is 0 Å². The average Bonchev–Trinajstić information content (AvgIpc) is 2.24. The first-order valence-corrected chi connectivity index (χ1v) is 5.97. The molecule has 1 saturated carbocycles. The molecule has 0 atom stereocenters. The molecule has 4 nitrogen and oxygen atoms in total. The summed E-state index contributed by atoms with van der Waals surface area (Å²) in [5.41, 5.74) is 1.46. The van der Waals surface area contributed by atoms with Crippen molar-refractivity contribution >= 4 is 23.6 Å². The molecule has 1 fully saturated rings. The van der Waals surface area contributed by atoms with Crippen LogP contribution in [0.3, 0.4) is 0 Å². The Morgan fingerprint density at radius 3 is 2.72 bits per heavy atom. The zero-order chi connectivity index (χ0) is 13.0. The van der Waals surface area contributed by atoms with Crippen LogP contribution in [-0.2, 0) is 9.59 Å². The average molecular weight is 245 g/mol. The fourth-order valence-corrected chi connectivity index (χ4v) is 1.80. The third-order valence-corrected chi connectivity index (χ3v) is 3.05. The molecule has 1 aromatic rings. The summed E-state index contributed by atoms with van der Waals surface area (Å²) in [6, 6.07) is 7.14. The Kier molecular flexibility index (Phi) is 3.77. The van der Waals surface area contributed by atoms with Crippen LogP contribution in [0.2, 0.25) is 0 Å². The molecule has 0 spiro atoms. The summed E-state index contributed by atoms with van der Waals surface area (Å²) in [6.45, 7) is 0. The van der Waals surface area contributed by atoms with E-state index in [1.165, 1.54) is 6.08 Å². The minimum Gasteiger partial charge on any atom is -0.478 e. The number of rotatable bonds is 4. The molecule has 0 heterocycles. The van der Waals surface area contributed by atoms with Crippen LogP contribution in [0.5, 0.6) is 0 Å². The number of nitrogens with one attached hydrogen (secondary N) is 1. The summed E-state index contributed by atoms with van der Waals surface area (Å²) in [7, 11) is 0. The first-order valence-electron chi connectivity index (χ1n) is 5.97. The van der Waals surface area contributed by atoms with Crippen LogP contribution >= 0.6 is 0 Å². The number of anilines is 1. The van der Waals surface area contributed by atoms with Gasteiger partial charge in [0.2, 0.25) is 5.91 Å². The molecule has 0 aromatic heterocycles. The summed E-state index contributed by atoms with van der Waals surface area (Å²) in [4.78, 5) is 22.2. The van der Waals surface area contributed by atoms with Crippen LogP contribution in [0.1, 0.15) is 24.8 Å². The van der Waals surface area contributed by atoms with Gasteiger partial charge in [-0.2, -0.15) is 0 Å². The summed E-state index contributed by atoms with van der Waals surface area (Å²) < 4.78 is 0. The van der Waals surface area contributed by atoms with Crippen LogP contribution in [0.15, 0.2) is 30.3 Å². The molecule has 94 valence electrons. The predicted octanol–water partition coefficient (Wildman–Crippen LogP) is 2.52. The second kappa shape index (κ2) is 5.49. The van der Waals surface area contributed by atoms with Gasteiger partial charge in [-0.1, -0.05) is 18.6 Å². The number of carboxylic acid groups (broad SMARTS) is 1. The van der Waals surface area contributed by atoms with E-state index in [0.29, 0.717) is 5.69 Å². The van der Waals surface area contributed by atoms with Gasteiger partial charge in [0, 0.05) is 17.7 Å². The van der Waals surface area contributed by atoms with Gasteiger partial charge in [-0.25, -0.2) is 4.79 Å². The van der Waals surface area contributed by atoms with Gasteiger partial charge < -0.3 is 10.4 Å². The summed E-state index contributed by atoms with van der Waals surface area (Å²) in [5.74, 6) is -0.789. The zero-order valence-electron chi connectivity index (χ0n) is 9.93. The van der Waals surface area contributed by atoms with E-state index >= 15 is 0 Å². The topological polar surface area (TPSA) is 66.4 Å². The Balaban J connectivity index is 2.02. The van der Waals surface area contributed by atoms with E-state index in [2.05, 4.69) is 5.32 Å². The van der Waals surface area contributed by atoms with Crippen molar-refractivity contribution in [2.75, 3.05) is 5.32 Å². The molecule has 0 radical (unpaired) electrons. The van der Waals surface area contributed by atoms with Crippen LogP contribution in [0.4, 0.5) is 5.69 Å². The number of amides is 1. The maximum Gasteiger partial charge on any atom is 0.328 e. The third-order valence-electron chi connectivity index (χ3n) is 3.05. The Bertz CT molecular complexity index is 490. The minimum atomic E-state index is -0.987. The van der Waals surface area contributed by atoms with Gasteiger partial charge in [0.15, 0.2) is 0 Å². The Hall–Kier alpha value is -2.10. The van der Waals surface area contributed by atoms with Crippen molar-refractivity contribution in [1.29, 1.82) is 0 Å². The first-order chi connectivity index (χ1) is 8.65. The Labute approximate surface area is 105 Å². The quantitative estimate of drug-likeness (QED) is 0.801. The van der Waals surface area contributed by atoms with E-state index in [9.17, 15) is 9.59 Å². The van der Waals surface area contributed by atoms with E-state index < -0.39 is 5.97 Å². The molecule has 18 heavy (non-hydrogen) atoms. The van der Waals surface area contributed by atoms with Gasteiger partial charge >= 0.3 is 5.97 Å². The molecule has 0 bridgehead atoms. The number of hydrogen-bond donors (Lipinski definition) is 2. The largest absolute Gasteiger partial charge is 0.478 e. The van der Waals surface area contributed by atoms with Gasteiger partial charge in [0.05, 0.1) is 0 Å². The van der Waals surface area contributed by atoms with Gasteiger partial charge in [-0.05, 0) is 36.6 Å². The molecular formula is C14H15NO3. The van der Waals surface area contributed by atoms with Crippen molar-refractivity contribution < 1.29 is 14.7 Å². The zero-order valence-corrected chi connectivity index (χ0v) is 9.93. The van der Waals surface area contributed by atoms with E-state index in [1.807, 2.05) is 0 Å². The maximum absolute atomic E-state index is 11.7. The molecule has 0 saturated heterocycles. The second-order valence-electron chi connectivity index (χ2n) is 4.41. The molecule has 1 aromatic carbocycles. The maximum atomic E-state index is 11.7. The molecule has 2 rings (SSSR count). The SMILES string of the molecule is O=C(O)C=Cc1cccc(NC(=O)C2CCC2)c1. The van der Waals surface area contributed by atoms with Gasteiger partial charge in [0.1, 0.15) is 0 Å². The predicted molar refractivity (Wildman–Crippen MR) is 69.1 cm³/mol. The molecule has 2 N–H and O–H groups in total. The normalized spacial score (nSPS) is 15.3. The Morgan fingerprint density at radius 2 is 2.11 bits per heavy atom. The highest BCUT2D eigenvalue weighted by atomic mass is 16.4. The highest BCUT2D eigenvalue weighted by Crippen LogP contribution is 2.27. The van der Waals surface area contributed by atoms with E-state index in [4.69, 9.17) is 5.11 Å². The Morgan fingerprint density at radius 1 is 1.33 bits per heavy atom. The van der Waals surface area contributed by atoms with E-state index in [0.717, 1.165) is 30.9 Å². The smallest absolute Gasteiger partial charge is 0.328 e. The first kappa shape index (κ1) is 12.4. The number of aliphatic carboxylic acids is 1. The highest BCUT2D eigenvalue weighted by Gasteiger charge is 2.24. The van der Waals surface area contributed by atoms with Crippen LogP contribution < -0.4 is 5.32 Å². The second-order valence-corrected chi connectivity index (χ2v) is 4.41. The van der Waals surface area contributed by atoms with Crippen molar-refractivity contribution in [3.8, 4) is 0 Å². The molecular weight excluding hydrogens is 230 g/mol. The number of carbonyl (C=O) groups excluding carboxylic acids is 1. The van der Waals surface area contributed by atoms with E-state index in [1.54, 1.807) is 24.3 Å². The van der Waals surface area contributed by atoms with Gasteiger partial charge in [-0.3, -0.25) is 4.79 Å². The van der Waals surface area contributed by atoms with Crippen molar-refractivity contribution in [1.82, 2.24) is 0 Å². The lowest BCUT2D eigenvalue weighted by Gasteiger charge is -2.24. The monoisotopic (exact) mass is 245 g/mol. The molecule has 1 aliphatic carbocycles. The van der Waals surface area contributed by atoms with Crippen molar-refractivity contribution in [3.63, 3.8) is 0 Å². The number of benzene rings is 1. The molecule has 0 aliphatic heterocycles. The lowest BCUT2D eigenvalue weighted by atomic mass is 9.85.